The first-order valence-electron chi connectivity index (χ1n) is 17.3. The third-order valence-electron chi connectivity index (χ3n) is 9.76. The van der Waals surface area contributed by atoms with E-state index in [4.69, 9.17) is 24.0 Å². The van der Waals surface area contributed by atoms with Crippen molar-refractivity contribution in [3.63, 3.8) is 0 Å². The van der Waals surface area contributed by atoms with Gasteiger partial charge in [-0.2, -0.15) is 10.4 Å². The van der Waals surface area contributed by atoms with E-state index in [1.165, 1.54) is 19.2 Å². The third-order valence-corrected chi connectivity index (χ3v) is 9.76. The van der Waals surface area contributed by atoms with Gasteiger partial charge < -0.3 is 24.3 Å². The van der Waals surface area contributed by atoms with E-state index in [-0.39, 0.29) is 6.10 Å². The van der Waals surface area contributed by atoms with Crippen molar-refractivity contribution in [2.75, 3.05) is 38.9 Å². The number of ether oxygens (including phenoxy) is 4. The molecular formula is C35H44N10O4. The number of fused-ring (bicyclic) bond motifs is 2. The van der Waals surface area contributed by atoms with Crippen LogP contribution in [0.4, 0.5) is 11.6 Å². The van der Waals surface area contributed by atoms with Crippen LogP contribution >= 0.6 is 0 Å². The van der Waals surface area contributed by atoms with Gasteiger partial charge in [0.2, 0.25) is 5.95 Å². The molecule has 3 aromatic heterocycles. The first-order chi connectivity index (χ1) is 24.1. The highest BCUT2D eigenvalue weighted by Crippen LogP contribution is 2.39. The molecule has 3 aliphatic rings. The zero-order valence-corrected chi connectivity index (χ0v) is 28.1. The molecule has 4 aromatic rings. The van der Waals surface area contributed by atoms with Gasteiger partial charge in [0.1, 0.15) is 36.3 Å². The number of hydrogen-bond acceptors (Lipinski definition) is 12. The van der Waals surface area contributed by atoms with E-state index in [0.29, 0.717) is 67.1 Å². The Kier molecular flexibility index (Phi) is 10.3. The fraction of sp³-hybridized carbons (Fsp3) is 0.543. The largest absolute Gasteiger partial charge is 0.487 e. The van der Waals surface area contributed by atoms with E-state index in [2.05, 4.69) is 41.0 Å². The fourth-order valence-electron chi connectivity index (χ4n) is 7.40. The maximum absolute atomic E-state index is 9.68. The molecule has 258 valence electrons. The number of anilines is 2. The minimum atomic E-state index is -0.228. The number of nitrogens with zero attached hydrogens (tertiary/aromatic N) is 9. The second-order valence-electron chi connectivity index (χ2n) is 13.1. The summed E-state index contributed by atoms with van der Waals surface area (Å²) in [6.07, 6.45) is 16.2. The van der Waals surface area contributed by atoms with Crippen LogP contribution in [-0.2, 0) is 16.0 Å². The van der Waals surface area contributed by atoms with Crippen molar-refractivity contribution >= 4 is 11.6 Å². The lowest BCUT2D eigenvalue weighted by atomic mass is 9.89. The monoisotopic (exact) mass is 668 g/mol. The summed E-state index contributed by atoms with van der Waals surface area (Å²) in [5.74, 6) is 1.46. The number of methoxy groups -OCH3 is 1. The molecule has 1 N–H and O–H groups in total. The molecule has 1 unspecified atom stereocenters. The van der Waals surface area contributed by atoms with Crippen LogP contribution in [0.25, 0.3) is 11.1 Å². The number of hydrogen-bond donors (Lipinski definition) is 1. The number of nitrogens with one attached hydrogen (secondary N) is 1. The third kappa shape index (κ3) is 7.69. The van der Waals surface area contributed by atoms with Crippen LogP contribution < -0.4 is 14.8 Å². The number of aromatic nitrogens is 7. The van der Waals surface area contributed by atoms with E-state index >= 15 is 0 Å². The van der Waals surface area contributed by atoms with Gasteiger partial charge in [0.25, 0.3) is 5.88 Å². The number of nitriles is 1. The van der Waals surface area contributed by atoms with Crippen LogP contribution in [0.15, 0.2) is 49.4 Å². The Labute approximate surface area is 286 Å². The first kappa shape index (κ1) is 32.9. The van der Waals surface area contributed by atoms with Gasteiger partial charge >= 0.3 is 0 Å². The van der Waals surface area contributed by atoms with Gasteiger partial charge in [-0.25, -0.2) is 19.6 Å². The van der Waals surface area contributed by atoms with Crippen LogP contribution in [-0.4, -0.2) is 97.2 Å². The highest BCUT2D eigenvalue weighted by molar-refractivity contribution is 5.67. The molecule has 1 aliphatic carbocycles. The standard InChI is InChI=1S/C35H44N10O4/c1-24(18-43-23-37-22-40-43)49-33-14-25(4-5-26(33)15-36)27-16-38-35(39-17-27)41-32-19-44(42-34(32)48-13-3-12-46-2)28-6-8-29(9-7-28)45-30-10-11-31(45)21-47-20-30/h4-5,14,16-17,19,22-24,28-31H,3,6-13,18,20-21H2,1-2H3,(H,38,39,41)/t24?,28?,29?,30-,31+. The second kappa shape index (κ2) is 15.3. The molecule has 5 heterocycles. The van der Waals surface area contributed by atoms with Crippen LogP contribution in [0.5, 0.6) is 11.6 Å². The van der Waals surface area contributed by atoms with Crippen molar-refractivity contribution in [2.24, 2.45) is 0 Å². The summed E-state index contributed by atoms with van der Waals surface area (Å²) in [5, 5.41) is 22.1. The van der Waals surface area contributed by atoms with Crippen LogP contribution in [0.3, 0.4) is 0 Å². The molecule has 2 bridgehead atoms. The Morgan fingerprint density at radius 1 is 1.00 bits per heavy atom. The fourth-order valence-corrected chi connectivity index (χ4v) is 7.40. The van der Waals surface area contributed by atoms with Gasteiger partial charge in [-0.15, -0.1) is 5.10 Å². The maximum Gasteiger partial charge on any atom is 0.256 e. The van der Waals surface area contributed by atoms with Crippen molar-refractivity contribution < 1.29 is 18.9 Å². The normalized spacial score (nSPS) is 22.8. The summed E-state index contributed by atoms with van der Waals surface area (Å²) in [6, 6.07) is 9.79. The van der Waals surface area contributed by atoms with Crippen molar-refractivity contribution in [3.8, 4) is 28.8 Å². The van der Waals surface area contributed by atoms with Crippen LogP contribution in [0.2, 0.25) is 0 Å². The van der Waals surface area contributed by atoms with Gasteiger partial charge in [-0.3, -0.25) is 9.58 Å². The molecule has 2 aliphatic heterocycles. The average molecular weight is 669 g/mol. The van der Waals surface area contributed by atoms with Gasteiger partial charge in [0.05, 0.1) is 44.2 Å². The topological polar surface area (TPSA) is 150 Å². The van der Waals surface area contributed by atoms with Crippen LogP contribution in [0.1, 0.15) is 63.5 Å². The van der Waals surface area contributed by atoms with E-state index in [1.807, 2.05) is 25.3 Å². The quantitative estimate of drug-likeness (QED) is 0.184. The predicted molar refractivity (Wildman–Crippen MR) is 181 cm³/mol. The molecule has 49 heavy (non-hydrogen) atoms. The summed E-state index contributed by atoms with van der Waals surface area (Å²) in [7, 11) is 1.69. The Bertz CT molecular complexity index is 1680. The Morgan fingerprint density at radius 2 is 1.76 bits per heavy atom. The van der Waals surface area contributed by atoms with Gasteiger partial charge in [0.15, 0.2) is 0 Å². The van der Waals surface area contributed by atoms with Gasteiger partial charge in [-0.1, -0.05) is 6.07 Å². The molecule has 1 saturated carbocycles. The Morgan fingerprint density at radius 3 is 2.47 bits per heavy atom. The predicted octanol–water partition coefficient (Wildman–Crippen LogP) is 4.78. The summed E-state index contributed by atoms with van der Waals surface area (Å²) >= 11 is 0. The lowest BCUT2D eigenvalue weighted by molar-refractivity contribution is -0.0458. The molecule has 0 spiro atoms. The molecule has 3 fully saturated rings. The number of benzene rings is 1. The molecule has 0 amide bonds. The van der Waals surface area contributed by atoms with Crippen molar-refractivity contribution in [1.82, 2.24) is 39.4 Å². The number of rotatable bonds is 14. The van der Waals surface area contributed by atoms with Crippen molar-refractivity contribution in [1.29, 1.82) is 5.26 Å². The molecule has 0 radical (unpaired) electrons. The molecule has 2 saturated heterocycles. The summed E-state index contributed by atoms with van der Waals surface area (Å²) < 4.78 is 27.1. The van der Waals surface area contributed by atoms with Crippen molar-refractivity contribution in [2.45, 2.75) is 88.7 Å². The summed E-state index contributed by atoms with van der Waals surface area (Å²) in [6.45, 7) is 5.30. The van der Waals surface area contributed by atoms with E-state index in [9.17, 15) is 5.26 Å². The summed E-state index contributed by atoms with van der Waals surface area (Å²) in [5.41, 5.74) is 2.81. The second-order valence-corrected chi connectivity index (χ2v) is 13.1. The van der Waals surface area contributed by atoms with Gasteiger partial charge in [-0.05, 0) is 63.1 Å². The molecular weight excluding hydrogens is 624 g/mol. The maximum atomic E-state index is 9.68. The summed E-state index contributed by atoms with van der Waals surface area (Å²) in [4.78, 5) is 16.0. The zero-order chi connectivity index (χ0) is 33.6. The molecule has 3 atom stereocenters. The highest BCUT2D eigenvalue weighted by Gasteiger charge is 2.42. The van der Waals surface area contributed by atoms with E-state index in [1.54, 1.807) is 36.6 Å². The first-order valence-corrected chi connectivity index (χ1v) is 17.3. The minimum absolute atomic E-state index is 0.228. The van der Waals surface area contributed by atoms with Crippen LogP contribution in [0, 0.1) is 11.3 Å². The minimum Gasteiger partial charge on any atom is -0.487 e. The van der Waals surface area contributed by atoms with Gasteiger partial charge in [0, 0.05) is 56.2 Å². The molecule has 14 nitrogen and oxygen atoms in total. The SMILES string of the molecule is COCCCOc1nn(C2CCC(N3[C@@H]4CC[C@H]3COC4)CC2)cc1Nc1ncc(-c2ccc(C#N)c(OC(C)Cn3cncn3)c2)cn1. The van der Waals surface area contributed by atoms with E-state index < -0.39 is 0 Å². The lowest BCUT2D eigenvalue weighted by Crippen LogP contribution is -2.52. The molecule has 7 rings (SSSR count). The number of morpholine rings is 1. The average Bonchev–Trinajstić information content (AvgIpc) is 3.85. The highest BCUT2D eigenvalue weighted by atomic mass is 16.5. The van der Waals surface area contributed by atoms with E-state index in [0.717, 1.165) is 62.1 Å². The molecule has 1 aromatic carbocycles. The Balaban J connectivity index is 1.02. The lowest BCUT2D eigenvalue weighted by Gasteiger charge is -2.43. The Hall–Kier alpha value is -4.58. The molecule has 14 heteroatoms. The smallest absolute Gasteiger partial charge is 0.256 e. The van der Waals surface area contributed by atoms with Crippen molar-refractivity contribution in [3.05, 3.63) is 55.0 Å². The zero-order valence-electron chi connectivity index (χ0n) is 28.1.